The molecule has 0 amide bonds. The molecule has 2 atom stereocenters. The summed E-state index contributed by atoms with van der Waals surface area (Å²) in [6.45, 7) is 0.298. The highest BCUT2D eigenvalue weighted by Crippen LogP contribution is 2.35. The molecule has 0 spiro atoms. The van der Waals surface area contributed by atoms with Gasteiger partial charge in [-0.3, -0.25) is 0 Å². The zero-order valence-electron chi connectivity index (χ0n) is 10.2. The van der Waals surface area contributed by atoms with Crippen LogP contribution >= 0.6 is 11.6 Å². The third-order valence-electron chi connectivity index (χ3n) is 3.26. The van der Waals surface area contributed by atoms with Gasteiger partial charge in [-0.05, 0) is 18.2 Å². The Labute approximate surface area is 114 Å². The molecule has 0 aromatic carbocycles. The number of halogens is 1. The summed E-state index contributed by atoms with van der Waals surface area (Å²) < 4.78 is 11.8. The van der Waals surface area contributed by atoms with Crippen molar-refractivity contribution in [2.24, 2.45) is 0 Å². The lowest BCUT2D eigenvalue weighted by Gasteiger charge is -2.32. The van der Waals surface area contributed by atoms with E-state index >= 15 is 0 Å². The van der Waals surface area contributed by atoms with Gasteiger partial charge in [-0.2, -0.15) is 0 Å². The number of aromatic nitrogens is 1. The van der Waals surface area contributed by atoms with Crippen LogP contribution < -0.4 is 0 Å². The Balaban J connectivity index is 2.23. The van der Waals surface area contributed by atoms with Gasteiger partial charge < -0.3 is 19.0 Å². The van der Waals surface area contributed by atoms with E-state index in [1.165, 1.54) is 7.11 Å². The summed E-state index contributed by atoms with van der Waals surface area (Å²) in [4.78, 5) is 11.8. The lowest BCUT2D eigenvalue weighted by molar-refractivity contribution is -0.167. The molecule has 100 valence electrons. The fraction of sp³-hybridized carbons (Fsp3) is 0.308. The molecule has 19 heavy (non-hydrogen) atoms. The van der Waals surface area contributed by atoms with Crippen LogP contribution in [0.4, 0.5) is 0 Å². The third kappa shape index (κ3) is 1.82. The van der Waals surface area contributed by atoms with Crippen molar-refractivity contribution in [3.8, 4) is 0 Å². The van der Waals surface area contributed by atoms with E-state index in [2.05, 4.69) is 0 Å². The quantitative estimate of drug-likeness (QED) is 0.853. The van der Waals surface area contributed by atoms with E-state index in [0.29, 0.717) is 28.4 Å². The second-order valence-corrected chi connectivity index (χ2v) is 4.78. The van der Waals surface area contributed by atoms with Crippen LogP contribution in [0.15, 0.2) is 24.4 Å². The summed E-state index contributed by atoms with van der Waals surface area (Å²) in [6, 6.07) is 5.12. The molecule has 1 aliphatic heterocycles. The van der Waals surface area contributed by atoms with Crippen molar-refractivity contribution in [3.63, 3.8) is 0 Å². The first-order chi connectivity index (χ1) is 9.13. The predicted molar refractivity (Wildman–Crippen MR) is 68.4 cm³/mol. The van der Waals surface area contributed by atoms with E-state index in [-0.39, 0.29) is 0 Å². The van der Waals surface area contributed by atoms with E-state index in [0.717, 1.165) is 0 Å². The van der Waals surface area contributed by atoms with Gasteiger partial charge in [0.1, 0.15) is 12.2 Å². The number of carbonyl (C=O) groups excluding carboxylic acids is 1. The van der Waals surface area contributed by atoms with Gasteiger partial charge in [0.2, 0.25) is 0 Å². The van der Waals surface area contributed by atoms with Gasteiger partial charge >= 0.3 is 5.97 Å². The number of hydrogen-bond donors (Lipinski definition) is 1. The van der Waals surface area contributed by atoms with E-state index in [1.54, 1.807) is 28.8 Å². The van der Waals surface area contributed by atoms with Gasteiger partial charge in [-0.25, -0.2) is 4.79 Å². The maximum atomic E-state index is 11.8. The van der Waals surface area contributed by atoms with Gasteiger partial charge in [0.15, 0.2) is 0 Å². The number of aliphatic hydroxyl groups excluding tert-OH is 1. The zero-order valence-corrected chi connectivity index (χ0v) is 10.9. The minimum Gasteiger partial charge on any atom is -0.465 e. The Morgan fingerprint density at radius 1 is 1.63 bits per heavy atom. The fourth-order valence-corrected chi connectivity index (χ4v) is 2.55. The first-order valence-corrected chi connectivity index (χ1v) is 6.18. The predicted octanol–water partition coefficient (Wildman–Crippen LogP) is 1.81. The Kier molecular flexibility index (Phi) is 2.97. The van der Waals surface area contributed by atoms with Crippen LogP contribution in [0.2, 0.25) is 5.02 Å². The minimum absolute atomic E-state index is 0.298. The maximum absolute atomic E-state index is 11.8. The number of rotatable bonds is 2. The molecule has 6 heteroatoms. The van der Waals surface area contributed by atoms with Crippen molar-refractivity contribution in [1.82, 2.24) is 4.40 Å². The highest BCUT2D eigenvalue weighted by atomic mass is 35.5. The van der Waals surface area contributed by atoms with Crippen molar-refractivity contribution < 1.29 is 19.4 Å². The number of fused-ring (bicyclic) bond motifs is 1. The summed E-state index contributed by atoms with van der Waals surface area (Å²) in [6.07, 6.45) is 0.768. The Bertz CT molecular complexity index is 651. The van der Waals surface area contributed by atoms with E-state index in [1.807, 2.05) is 0 Å². The topological polar surface area (TPSA) is 60.2 Å². The molecular weight excluding hydrogens is 270 g/mol. The number of hydrogen-bond acceptors (Lipinski definition) is 4. The molecule has 2 unspecified atom stereocenters. The van der Waals surface area contributed by atoms with E-state index in [9.17, 15) is 9.90 Å². The van der Waals surface area contributed by atoms with Gasteiger partial charge in [0, 0.05) is 6.20 Å². The summed E-state index contributed by atoms with van der Waals surface area (Å²) >= 11 is 6.15. The number of pyridine rings is 1. The van der Waals surface area contributed by atoms with Crippen LogP contribution in [0.1, 0.15) is 22.2 Å². The summed E-state index contributed by atoms with van der Waals surface area (Å²) in [5, 5.41) is 10.2. The summed E-state index contributed by atoms with van der Waals surface area (Å²) in [5.41, 5.74) is 1.62. The number of esters is 1. The van der Waals surface area contributed by atoms with Crippen LogP contribution in [0.3, 0.4) is 0 Å². The molecule has 0 aliphatic carbocycles. The third-order valence-corrected chi connectivity index (χ3v) is 3.57. The van der Waals surface area contributed by atoms with E-state index < -0.39 is 18.2 Å². The van der Waals surface area contributed by atoms with Gasteiger partial charge in [-0.1, -0.05) is 11.6 Å². The Morgan fingerprint density at radius 2 is 2.42 bits per heavy atom. The highest BCUT2D eigenvalue weighted by Gasteiger charge is 2.35. The normalized spacial score (nSPS) is 22.3. The molecular formula is C13H12ClNO4. The van der Waals surface area contributed by atoms with Crippen molar-refractivity contribution in [2.75, 3.05) is 13.7 Å². The first kappa shape index (κ1) is 12.5. The molecule has 1 fully saturated rings. The molecule has 2 aromatic rings. The fourth-order valence-electron chi connectivity index (χ4n) is 2.29. The molecule has 0 radical (unpaired) electrons. The number of nitrogens with zero attached hydrogens (tertiary/aromatic N) is 1. The van der Waals surface area contributed by atoms with Crippen LogP contribution in [-0.2, 0) is 9.47 Å². The molecule has 0 bridgehead atoms. The largest absolute Gasteiger partial charge is 0.465 e. The molecule has 2 aromatic heterocycles. The number of carbonyl (C=O) groups is 1. The maximum Gasteiger partial charge on any atom is 0.340 e. The lowest BCUT2D eigenvalue weighted by atomic mass is 10.1. The first-order valence-electron chi connectivity index (χ1n) is 5.81. The summed E-state index contributed by atoms with van der Waals surface area (Å²) in [7, 11) is 1.32. The number of methoxy groups -OCH3 is 1. The molecule has 1 saturated heterocycles. The lowest BCUT2D eigenvalue weighted by Crippen LogP contribution is -2.38. The monoisotopic (exact) mass is 281 g/mol. The van der Waals surface area contributed by atoms with Crippen molar-refractivity contribution in [2.45, 2.75) is 12.2 Å². The minimum atomic E-state index is -0.567. The average Bonchev–Trinajstić information content (AvgIpc) is 2.77. The standard InChI is InChI=1S/C13H12ClNO4/c1-18-13(17)7-5-9(12-10(16)6-19-12)15-4-2-3-8(14)11(7)15/h2-5,10,12,16H,6H2,1H3. The second-order valence-electron chi connectivity index (χ2n) is 4.37. The Morgan fingerprint density at radius 3 is 3.00 bits per heavy atom. The molecule has 1 N–H and O–H groups in total. The highest BCUT2D eigenvalue weighted by molar-refractivity contribution is 6.34. The average molecular weight is 282 g/mol. The molecule has 3 rings (SSSR count). The van der Waals surface area contributed by atoms with Crippen molar-refractivity contribution >= 4 is 23.1 Å². The van der Waals surface area contributed by atoms with Crippen LogP contribution in [-0.4, -0.2) is 35.3 Å². The second kappa shape index (κ2) is 4.52. The van der Waals surface area contributed by atoms with Gasteiger partial charge in [0.05, 0.1) is 35.5 Å². The van der Waals surface area contributed by atoms with Crippen LogP contribution in [0.25, 0.3) is 5.52 Å². The number of aliphatic hydroxyl groups is 1. The van der Waals surface area contributed by atoms with Gasteiger partial charge in [0.25, 0.3) is 0 Å². The zero-order chi connectivity index (χ0) is 13.6. The molecule has 0 saturated carbocycles. The van der Waals surface area contributed by atoms with Crippen molar-refractivity contribution in [1.29, 1.82) is 0 Å². The molecule has 3 heterocycles. The SMILES string of the molecule is COC(=O)c1cc(C2OCC2O)n2cccc(Cl)c12. The number of ether oxygens (including phenoxy) is 2. The van der Waals surface area contributed by atoms with Crippen LogP contribution in [0, 0.1) is 0 Å². The summed E-state index contributed by atoms with van der Waals surface area (Å²) in [5.74, 6) is -0.467. The Hall–Kier alpha value is -1.56. The van der Waals surface area contributed by atoms with Gasteiger partial charge in [-0.15, -0.1) is 0 Å². The van der Waals surface area contributed by atoms with E-state index in [4.69, 9.17) is 21.1 Å². The van der Waals surface area contributed by atoms with Crippen LogP contribution in [0.5, 0.6) is 0 Å². The molecule has 5 nitrogen and oxygen atoms in total. The molecule has 1 aliphatic rings. The van der Waals surface area contributed by atoms with Crippen molar-refractivity contribution in [3.05, 3.63) is 40.7 Å². The smallest absolute Gasteiger partial charge is 0.340 e.